The number of amides is 2. The van der Waals surface area contributed by atoms with E-state index in [0.717, 1.165) is 16.7 Å². The number of hydrogen-bond acceptors (Lipinski definition) is 5. The van der Waals surface area contributed by atoms with Crippen LogP contribution in [0.3, 0.4) is 0 Å². The van der Waals surface area contributed by atoms with E-state index in [1.165, 1.54) is 4.90 Å². The average molecular weight is 479 g/mol. The highest BCUT2D eigenvalue weighted by molar-refractivity contribution is 5.99. The van der Waals surface area contributed by atoms with Gasteiger partial charge in [0, 0.05) is 37.2 Å². The number of aliphatic hydroxyl groups is 1. The van der Waals surface area contributed by atoms with Crippen LogP contribution in [0, 0.1) is 5.41 Å². The standard InChI is InChI=1S/C27H34N4O4/c1-4-35-13-12-21(31-23(33)16-27(2,3)30-26(31)28)18-9-7-10-19(14-18)25(34)29-24-20-11-6-5-8-17(20)15-22(24)32/h5-11,14,21-22,24,32H,4,12-13,15-16H2,1-3H3,(H2,28,30)(H,29,34)/t21?,22-,24-/m1/s1. The van der Waals surface area contributed by atoms with Crippen LogP contribution in [0.25, 0.3) is 0 Å². The molecule has 0 spiro atoms. The van der Waals surface area contributed by atoms with Gasteiger partial charge in [0.1, 0.15) is 0 Å². The highest BCUT2D eigenvalue weighted by Gasteiger charge is 2.39. The maximum atomic E-state index is 13.2. The smallest absolute Gasteiger partial charge is 0.251 e. The van der Waals surface area contributed by atoms with E-state index in [0.29, 0.717) is 31.6 Å². The summed E-state index contributed by atoms with van der Waals surface area (Å²) in [6.45, 7) is 6.67. The average Bonchev–Trinajstić information content (AvgIpc) is 3.12. The van der Waals surface area contributed by atoms with Crippen LogP contribution >= 0.6 is 0 Å². The van der Waals surface area contributed by atoms with Gasteiger partial charge in [0.25, 0.3) is 5.91 Å². The van der Waals surface area contributed by atoms with Gasteiger partial charge in [-0.2, -0.15) is 0 Å². The monoisotopic (exact) mass is 478 g/mol. The van der Waals surface area contributed by atoms with Crippen molar-refractivity contribution in [2.75, 3.05) is 13.2 Å². The Balaban J connectivity index is 1.58. The Bertz CT molecular complexity index is 1100. The summed E-state index contributed by atoms with van der Waals surface area (Å²) < 4.78 is 5.56. The maximum absolute atomic E-state index is 13.2. The van der Waals surface area contributed by atoms with Crippen molar-refractivity contribution < 1.29 is 19.4 Å². The molecule has 2 aromatic carbocycles. The molecule has 1 fully saturated rings. The van der Waals surface area contributed by atoms with Crippen LogP contribution in [0.1, 0.15) is 72.7 Å². The molecule has 1 heterocycles. The van der Waals surface area contributed by atoms with Gasteiger partial charge < -0.3 is 20.5 Å². The van der Waals surface area contributed by atoms with Crippen molar-refractivity contribution in [3.8, 4) is 0 Å². The lowest BCUT2D eigenvalue weighted by atomic mass is 9.93. The van der Waals surface area contributed by atoms with Crippen molar-refractivity contribution in [2.45, 2.75) is 63.8 Å². The molecule has 1 aliphatic carbocycles. The first-order valence-electron chi connectivity index (χ1n) is 12.1. The third-order valence-electron chi connectivity index (χ3n) is 6.64. The van der Waals surface area contributed by atoms with E-state index in [4.69, 9.17) is 10.1 Å². The predicted octanol–water partition coefficient (Wildman–Crippen LogP) is 3.08. The number of benzene rings is 2. The molecule has 4 N–H and O–H groups in total. The number of carbonyl (C=O) groups excluding carboxylic acids is 2. The van der Waals surface area contributed by atoms with Crippen molar-refractivity contribution in [2.24, 2.45) is 0 Å². The third-order valence-corrected chi connectivity index (χ3v) is 6.64. The van der Waals surface area contributed by atoms with Gasteiger partial charge in [-0.25, -0.2) is 0 Å². The van der Waals surface area contributed by atoms with Crippen LogP contribution in [0.15, 0.2) is 48.5 Å². The van der Waals surface area contributed by atoms with Gasteiger partial charge >= 0.3 is 0 Å². The number of carbonyl (C=O) groups is 2. The molecule has 1 unspecified atom stereocenters. The first kappa shape index (κ1) is 24.9. The summed E-state index contributed by atoms with van der Waals surface area (Å²) in [6, 6.07) is 13.9. The predicted molar refractivity (Wildman–Crippen MR) is 133 cm³/mol. The number of fused-ring (bicyclic) bond motifs is 1. The minimum Gasteiger partial charge on any atom is -0.390 e. The Hall–Kier alpha value is -3.23. The number of nitrogens with zero attached hydrogens (tertiary/aromatic N) is 1. The zero-order valence-corrected chi connectivity index (χ0v) is 20.5. The quantitative estimate of drug-likeness (QED) is 0.436. The Morgan fingerprint density at radius 3 is 2.80 bits per heavy atom. The zero-order valence-electron chi connectivity index (χ0n) is 20.5. The Morgan fingerprint density at radius 1 is 1.29 bits per heavy atom. The lowest BCUT2D eigenvalue weighted by Gasteiger charge is -2.42. The third kappa shape index (κ3) is 5.39. The van der Waals surface area contributed by atoms with Crippen LogP contribution in [0.5, 0.6) is 0 Å². The van der Waals surface area contributed by atoms with E-state index in [1.807, 2.05) is 51.1 Å². The number of nitrogens with one attached hydrogen (secondary N) is 3. The fraction of sp³-hybridized carbons (Fsp3) is 0.444. The van der Waals surface area contributed by atoms with E-state index in [-0.39, 0.29) is 24.2 Å². The lowest BCUT2D eigenvalue weighted by molar-refractivity contribution is -0.132. The molecular formula is C27H34N4O4. The van der Waals surface area contributed by atoms with Gasteiger partial charge in [0.15, 0.2) is 5.96 Å². The molecule has 2 amide bonds. The molecule has 186 valence electrons. The van der Waals surface area contributed by atoms with E-state index in [2.05, 4.69) is 10.6 Å². The largest absolute Gasteiger partial charge is 0.390 e. The Kier molecular flexibility index (Phi) is 7.23. The van der Waals surface area contributed by atoms with Crippen molar-refractivity contribution >= 4 is 17.8 Å². The van der Waals surface area contributed by atoms with E-state index >= 15 is 0 Å². The highest BCUT2D eigenvalue weighted by Crippen LogP contribution is 2.33. The number of hydrogen-bond donors (Lipinski definition) is 4. The molecule has 0 saturated carbocycles. The maximum Gasteiger partial charge on any atom is 0.251 e. The topological polar surface area (TPSA) is 115 Å². The summed E-state index contributed by atoms with van der Waals surface area (Å²) in [7, 11) is 0. The van der Waals surface area contributed by atoms with E-state index < -0.39 is 23.7 Å². The van der Waals surface area contributed by atoms with Crippen LogP contribution in [-0.4, -0.2) is 52.6 Å². The van der Waals surface area contributed by atoms with Crippen LogP contribution in [0.2, 0.25) is 0 Å². The van der Waals surface area contributed by atoms with Gasteiger partial charge in [0.05, 0.1) is 18.2 Å². The number of rotatable bonds is 8. The molecule has 1 aliphatic heterocycles. The fourth-order valence-electron chi connectivity index (χ4n) is 4.99. The van der Waals surface area contributed by atoms with Gasteiger partial charge in [-0.1, -0.05) is 36.4 Å². The van der Waals surface area contributed by atoms with Crippen LogP contribution in [0.4, 0.5) is 0 Å². The molecular weight excluding hydrogens is 444 g/mol. The SMILES string of the molecule is CCOCCC(c1cccc(C(=O)N[C@@H]2c3ccccc3C[C@H]2O)c1)N1C(=N)NC(C)(C)CC1=O. The van der Waals surface area contributed by atoms with Gasteiger partial charge in [-0.05, 0) is 56.0 Å². The number of ether oxygens (including phenoxy) is 1. The zero-order chi connectivity index (χ0) is 25.2. The summed E-state index contributed by atoms with van der Waals surface area (Å²) in [5.74, 6) is -0.385. The first-order chi connectivity index (χ1) is 16.7. The summed E-state index contributed by atoms with van der Waals surface area (Å²) >= 11 is 0. The van der Waals surface area contributed by atoms with Gasteiger partial charge in [0.2, 0.25) is 5.91 Å². The van der Waals surface area contributed by atoms with Gasteiger partial charge in [-0.3, -0.25) is 19.9 Å². The Morgan fingerprint density at radius 2 is 2.06 bits per heavy atom. The molecule has 0 radical (unpaired) electrons. The minimum atomic E-state index is -0.681. The summed E-state index contributed by atoms with van der Waals surface area (Å²) in [5.41, 5.74) is 2.66. The van der Waals surface area contributed by atoms with Crippen molar-refractivity contribution in [1.82, 2.24) is 15.5 Å². The van der Waals surface area contributed by atoms with Crippen molar-refractivity contribution in [3.05, 3.63) is 70.8 Å². The number of guanidine groups is 1. The van der Waals surface area contributed by atoms with Crippen molar-refractivity contribution in [1.29, 1.82) is 5.41 Å². The molecule has 2 aliphatic rings. The molecule has 2 aromatic rings. The Labute approximate surface area is 206 Å². The second kappa shape index (κ2) is 10.2. The van der Waals surface area contributed by atoms with E-state index in [9.17, 15) is 14.7 Å². The number of aliphatic hydroxyl groups excluding tert-OH is 1. The molecule has 3 atom stereocenters. The molecule has 8 nitrogen and oxygen atoms in total. The lowest BCUT2D eigenvalue weighted by Crippen LogP contribution is -2.60. The summed E-state index contributed by atoms with van der Waals surface area (Å²) in [6.07, 6.45) is 0.576. The molecule has 0 bridgehead atoms. The van der Waals surface area contributed by atoms with E-state index in [1.54, 1.807) is 18.2 Å². The van der Waals surface area contributed by atoms with Gasteiger partial charge in [-0.15, -0.1) is 0 Å². The summed E-state index contributed by atoms with van der Waals surface area (Å²) in [4.78, 5) is 27.7. The fourth-order valence-corrected chi connectivity index (χ4v) is 4.99. The summed E-state index contributed by atoms with van der Waals surface area (Å²) in [5, 5.41) is 25.1. The second-order valence-electron chi connectivity index (χ2n) is 9.85. The molecule has 1 saturated heterocycles. The normalized spacial score (nSPS) is 21.9. The minimum absolute atomic E-state index is 0.0493. The van der Waals surface area contributed by atoms with Crippen LogP contribution in [-0.2, 0) is 16.0 Å². The molecule has 8 heteroatoms. The molecule has 0 aromatic heterocycles. The van der Waals surface area contributed by atoms with Crippen molar-refractivity contribution in [3.63, 3.8) is 0 Å². The molecule has 4 rings (SSSR count). The van der Waals surface area contributed by atoms with Crippen LogP contribution < -0.4 is 10.6 Å². The second-order valence-corrected chi connectivity index (χ2v) is 9.85. The highest BCUT2D eigenvalue weighted by atomic mass is 16.5. The molecule has 35 heavy (non-hydrogen) atoms. The first-order valence-corrected chi connectivity index (χ1v) is 12.1.